The van der Waals surface area contributed by atoms with E-state index in [1.807, 2.05) is 20.8 Å². The van der Waals surface area contributed by atoms with E-state index in [0.29, 0.717) is 36.6 Å². The van der Waals surface area contributed by atoms with E-state index >= 15 is 0 Å². The highest BCUT2D eigenvalue weighted by atomic mass is 16.5. The van der Waals surface area contributed by atoms with Crippen LogP contribution in [0.25, 0.3) is 11.0 Å². The number of aromatic nitrogens is 3. The Hall–Kier alpha value is -2.15. The molecule has 0 radical (unpaired) electrons. The molecule has 0 aliphatic rings. The van der Waals surface area contributed by atoms with E-state index in [9.17, 15) is 9.59 Å². The number of aryl methyl sites for hydroxylation is 2. The highest BCUT2D eigenvalue weighted by Gasteiger charge is 2.17. The molecule has 0 aliphatic carbocycles. The molecule has 0 aromatic carbocycles. The van der Waals surface area contributed by atoms with Crippen molar-refractivity contribution in [2.45, 2.75) is 27.3 Å². The van der Waals surface area contributed by atoms with Crippen LogP contribution in [0.1, 0.15) is 19.4 Å². The maximum absolute atomic E-state index is 12.7. The van der Waals surface area contributed by atoms with Gasteiger partial charge in [-0.25, -0.2) is 9.78 Å². The van der Waals surface area contributed by atoms with Crippen LogP contribution in [-0.2, 0) is 18.3 Å². The maximum Gasteiger partial charge on any atom is 0.332 e. The van der Waals surface area contributed by atoms with Gasteiger partial charge in [-0.1, -0.05) is 0 Å². The van der Waals surface area contributed by atoms with Crippen LogP contribution >= 0.6 is 0 Å². The summed E-state index contributed by atoms with van der Waals surface area (Å²) in [4.78, 5) is 29.3. The van der Waals surface area contributed by atoms with Crippen LogP contribution in [0.3, 0.4) is 0 Å². The summed E-state index contributed by atoms with van der Waals surface area (Å²) < 4.78 is 13.4. The van der Waals surface area contributed by atoms with Crippen LogP contribution in [0, 0.1) is 6.92 Å². The van der Waals surface area contributed by atoms with E-state index in [2.05, 4.69) is 4.98 Å². The van der Waals surface area contributed by atoms with Gasteiger partial charge in [-0.3, -0.25) is 13.9 Å². The molecule has 0 atom stereocenters. The van der Waals surface area contributed by atoms with Gasteiger partial charge in [0.15, 0.2) is 5.65 Å². The summed E-state index contributed by atoms with van der Waals surface area (Å²) in [7, 11) is 1.60. The van der Waals surface area contributed by atoms with Gasteiger partial charge in [0.1, 0.15) is 11.1 Å². The third kappa shape index (κ3) is 2.76. The average molecular weight is 307 g/mol. The van der Waals surface area contributed by atoms with E-state index < -0.39 is 11.2 Å². The third-order valence-corrected chi connectivity index (χ3v) is 3.44. The normalized spacial score (nSPS) is 11.1. The minimum atomic E-state index is -0.406. The number of rotatable bonds is 6. The van der Waals surface area contributed by atoms with Crippen molar-refractivity contribution in [1.29, 1.82) is 0 Å². The zero-order valence-electron chi connectivity index (χ0n) is 13.4. The number of fused-ring (bicyclic) bond motifs is 1. The minimum absolute atomic E-state index is 0.203. The molecule has 2 aromatic rings. The Morgan fingerprint density at radius 3 is 2.59 bits per heavy atom. The summed E-state index contributed by atoms with van der Waals surface area (Å²) in [5, 5.41) is 0.334. The molecule has 2 heterocycles. The van der Waals surface area contributed by atoms with Gasteiger partial charge >= 0.3 is 5.69 Å². The SMILES string of the molecule is CCOCCn1c(=O)c2c(OCC)c(C)cnc2n(C)c1=O. The molecule has 0 aliphatic heterocycles. The van der Waals surface area contributed by atoms with Crippen molar-refractivity contribution in [3.05, 3.63) is 32.6 Å². The van der Waals surface area contributed by atoms with Gasteiger partial charge in [0.25, 0.3) is 5.56 Å². The molecule has 120 valence electrons. The zero-order chi connectivity index (χ0) is 16.3. The number of nitrogens with zero attached hydrogens (tertiary/aromatic N) is 3. The van der Waals surface area contributed by atoms with Crippen molar-refractivity contribution in [2.24, 2.45) is 7.05 Å². The van der Waals surface area contributed by atoms with Crippen molar-refractivity contribution >= 4 is 11.0 Å². The van der Waals surface area contributed by atoms with E-state index in [1.54, 1.807) is 13.2 Å². The van der Waals surface area contributed by atoms with E-state index in [0.717, 1.165) is 5.56 Å². The Morgan fingerprint density at radius 2 is 1.95 bits per heavy atom. The molecule has 7 nitrogen and oxygen atoms in total. The van der Waals surface area contributed by atoms with Crippen molar-refractivity contribution in [1.82, 2.24) is 14.1 Å². The van der Waals surface area contributed by atoms with Gasteiger partial charge in [-0.2, -0.15) is 0 Å². The van der Waals surface area contributed by atoms with Gasteiger partial charge in [-0.05, 0) is 20.8 Å². The van der Waals surface area contributed by atoms with Gasteiger partial charge in [0, 0.05) is 25.4 Å². The van der Waals surface area contributed by atoms with E-state index in [4.69, 9.17) is 9.47 Å². The van der Waals surface area contributed by atoms with Crippen LogP contribution in [0.2, 0.25) is 0 Å². The molecule has 2 rings (SSSR count). The molecule has 0 bridgehead atoms. The molecule has 22 heavy (non-hydrogen) atoms. The zero-order valence-corrected chi connectivity index (χ0v) is 13.4. The summed E-state index contributed by atoms with van der Waals surface area (Å²) >= 11 is 0. The summed E-state index contributed by atoms with van der Waals surface area (Å²) in [6, 6.07) is 0. The van der Waals surface area contributed by atoms with Gasteiger partial charge in [0.05, 0.1) is 19.8 Å². The van der Waals surface area contributed by atoms with Gasteiger partial charge < -0.3 is 9.47 Å². The lowest BCUT2D eigenvalue weighted by atomic mass is 10.2. The third-order valence-electron chi connectivity index (χ3n) is 3.44. The predicted octanol–water partition coefficient (Wildman–Crippen LogP) is 0.839. The number of hydrogen-bond donors (Lipinski definition) is 0. The fraction of sp³-hybridized carbons (Fsp3) is 0.533. The molecule has 7 heteroatoms. The smallest absolute Gasteiger partial charge is 0.332 e. The van der Waals surface area contributed by atoms with Crippen LogP contribution in [0.5, 0.6) is 5.75 Å². The van der Waals surface area contributed by atoms with E-state index in [-0.39, 0.29) is 6.54 Å². The molecular formula is C15H21N3O4. The molecule has 0 saturated carbocycles. The highest BCUT2D eigenvalue weighted by Crippen LogP contribution is 2.24. The van der Waals surface area contributed by atoms with Gasteiger partial charge in [0.2, 0.25) is 0 Å². The maximum atomic E-state index is 12.7. The summed E-state index contributed by atoms with van der Waals surface area (Å²) in [5.41, 5.74) is 0.298. The Labute approximate surface area is 128 Å². The first-order valence-corrected chi connectivity index (χ1v) is 7.32. The molecule has 0 fully saturated rings. The second-order valence-electron chi connectivity index (χ2n) is 4.90. The number of ether oxygens (including phenoxy) is 2. The lowest BCUT2D eigenvalue weighted by Crippen LogP contribution is -2.40. The average Bonchev–Trinajstić information content (AvgIpc) is 2.50. The Morgan fingerprint density at radius 1 is 1.23 bits per heavy atom. The first-order chi connectivity index (χ1) is 10.5. The summed E-state index contributed by atoms with van der Waals surface area (Å²) in [5.74, 6) is 0.484. The summed E-state index contributed by atoms with van der Waals surface area (Å²) in [6.45, 7) is 7.01. The molecule has 0 amide bonds. The molecule has 0 saturated heterocycles. The second-order valence-corrected chi connectivity index (χ2v) is 4.90. The first kappa shape index (κ1) is 16.2. The molecule has 0 N–H and O–H groups in total. The Balaban J connectivity index is 2.75. The molecular weight excluding hydrogens is 286 g/mol. The van der Waals surface area contributed by atoms with Crippen LogP contribution in [0.4, 0.5) is 0 Å². The van der Waals surface area contributed by atoms with Gasteiger partial charge in [-0.15, -0.1) is 0 Å². The van der Waals surface area contributed by atoms with Crippen LogP contribution < -0.4 is 16.0 Å². The molecule has 0 unspecified atom stereocenters. The molecule has 2 aromatic heterocycles. The second kappa shape index (κ2) is 6.74. The highest BCUT2D eigenvalue weighted by molar-refractivity contribution is 5.82. The Kier molecular flexibility index (Phi) is 4.97. The first-order valence-electron chi connectivity index (χ1n) is 7.32. The monoisotopic (exact) mass is 307 g/mol. The van der Waals surface area contributed by atoms with Crippen molar-refractivity contribution in [3.63, 3.8) is 0 Å². The largest absolute Gasteiger partial charge is 0.493 e. The fourth-order valence-electron chi connectivity index (χ4n) is 2.35. The van der Waals surface area contributed by atoms with Crippen LogP contribution in [-0.4, -0.2) is 33.9 Å². The minimum Gasteiger partial charge on any atom is -0.493 e. The Bertz CT molecular complexity index is 792. The van der Waals surface area contributed by atoms with Crippen LogP contribution in [0.15, 0.2) is 15.8 Å². The van der Waals surface area contributed by atoms with Crippen molar-refractivity contribution in [3.8, 4) is 5.75 Å². The topological polar surface area (TPSA) is 75.3 Å². The fourth-order valence-corrected chi connectivity index (χ4v) is 2.35. The van der Waals surface area contributed by atoms with Crippen molar-refractivity contribution < 1.29 is 9.47 Å². The lowest BCUT2D eigenvalue weighted by Gasteiger charge is -2.14. The lowest BCUT2D eigenvalue weighted by molar-refractivity contribution is 0.137. The standard InChI is InChI=1S/C15H21N3O4/c1-5-21-8-7-18-14(19)11-12(22-6-2)10(3)9-16-13(11)17(4)15(18)20/h9H,5-8H2,1-4H3. The summed E-state index contributed by atoms with van der Waals surface area (Å²) in [6.07, 6.45) is 1.61. The number of pyridine rings is 1. The van der Waals surface area contributed by atoms with E-state index in [1.165, 1.54) is 9.13 Å². The molecule has 0 spiro atoms. The predicted molar refractivity (Wildman–Crippen MR) is 83.6 cm³/mol. The van der Waals surface area contributed by atoms with Crippen molar-refractivity contribution in [2.75, 3.05) is 19.8 Å². The number of hydrogen-bond acceptors (Lipinski definition) is 5. The quantitative estimate of drug-likeness (QED) is 0.739.